The Morgan fingerprint density at radius 1 is 1.39 bits per heavy atom. The third-order valence-corrected chi connectivity index (χ3v) is 4.25. The maximum atomic E-state index is 12.6. The van der Waals surface area contributed by atoms with Crippen molar-refractivity contribution in [3.05, 3.63) is 46.8 Å². The second kappa shape index (κ2) is 6.83. The van der Waals surface area contributed by atoms with E-state index in [1.165, 1.54) is 0 Å². The van der Waals surface area contributed by atoms with E-state index in [2.05, 4.69) is 27.8 Å². The zero-order valence-electron chi connectivity index (χ0n) is 13.5. The Labute approximate surface area is 135 Å². The SMILES string of the molecule is CCC(NC(=O)c1n[nH]c2c1CNCC2)c1ccc(OC)cc1. The molecule has 0 spiro atoms. The van der Waals surface area contributed by atoms with E-state index in [-0.39, 0.29) is 11.9 Å². The van der Waals surface area contributed by atoms with E-state index in [1.807, 2.05) is 24.3 Å². The quantitative estimate of drug-likeness (QED) is 0.788. The predicted octanol–water partition coefficient (Wildman–Crippen LogP) is 1.95. The summed E-state index contributed by atoms with van der Waals surface area (Å²) in [6.45, 7) is 3.66. The number of methoxy groups -OCH3 is 1. The van der Waals surface area contributed by atoms with Crippen molar-refractivity contribution in [1.29, 1.82) is 0 Å². The van der Waals surface area contributed by atoms with E-state index in [9.17, 15) is 4.79 Å². The van der Waals surface area contributed by atoms with Gasteiger partial charge in [-0.15, -0.1) is 0 Å². The van der Waals surface area contributed by atoms with Crippen LogP contribution in [0.4, 0.5) is 0 Å². The molecular formula is C17H22N4O2. The van der Waals surface area contributed by atoms with Crippen LogP contribution in [-0.4, -0.2) is 29.8 Å². The summed E-state index contributed by atoms with van der Waals surface area (Å²) in [7, 11) is 1.64. The number of nitrogens with zero attached hydrogens (tertiary/aromatic N) is 1. The first-order valence-electron chi connectivity index (χ1n) is 7.94. The van der Waals surface area contributed by atoms with Gasteiger partial charge in [0.2, 0.25) is 0 Å². The summed E-state index contributed by atoms with van der Waals surface area (Å²) in [4.78, 5) is 12.6. The Hall–Kier alpha value is -2.34. The van der Waals surface area contributed by atoms with Crippen LogP contribution in [0.25, 0.3) is 0 Å². The van der Waals surface area contributed by atoms with Crippen LogP contribution in [0.15, 0.2) is 24.3 Å². The maximum Gasteiger partial charge on any atom is 0.272 e. The van der Waals surface area contributed by atoms with E-state index in [0.717, 1.165) is 42.0 Å². The predicted molar refractivity (Wildman–Crippen MR) is 87.5 cm³/mol. The van der Waals surface area contributed by atoms with Crippen molar-refractivity contribution in [2.45, 2.75) is 32.4 Å². The first-order chi connectivity index (χ1) is 11.2. The summed E-state index contributed by atoms with van der Waals surface area (Å²) in [5.41, 5.74) is 3.60. The molecule has 0 saturated carbocycles. The van der Waals surface area contributed by atoms with Gasteiger partial charge in [-0.1, -0.05) is 19.1 Å². The minimum absolute atomic E-state index is 0.0442. The zero-order valence-corrected chi connectivity index (χ0v) is 13.5. The number of benzene rings is 1. The number of nitrogens with one attached hydrogen (secondary N) is 3. The van der Waals surface area contributed by atoms with Gasteiger partial charge in [0.25, 0.3) is 5.91 Å². The van der Waals surface area contributed by atoms with Gasteiger partial charge in [-0.2, -0.15) is 5.10 Å². The molecule has 1 aliphatic heterocycles. The fraction of sp³-hybridized carbons (Fsp3) is 0.412. The van der Waals surface area contributed by atoms with Gasteiger partial charge < -0.3 is 15.4 Å². The molecule has 2 aromatic rings. The maximum absolute atomic E-state index is 12.6. The van der Waals surface area contributed by atoms with Crippen molar-refractivity contribution < 1.29 is 9.53 Å². The van der Waals surface area contributed by atoms with Gasteiger partial charge in [-0.05, 0) is 24.1 Å². The molecule has 1 unspecified atom stereocenters. The number of carbonyl (C=O) groups is 1. The molecule has 0 fully saturated rings. The molecule has 1 atom stereocenters. The van der Waals surface area contributed by atoms with Crippen LogP contribution in [0.2, 0.25) is 0 Å². The summed E-state index contributed by atoms with van der Waals surface area (Å²) in [5, 5.41) is 13.6. The number of amides is 1. The molecule has 6 nitrogen and oxygen atoms in total. The average molecular weight is 314 g/mol. The van der Waals surface area contributed by atoms with Gasteiger partial charge in [0.15, 0.2) is 5.69 Å². The molecule has 3 rings (SSSR count). The lowest BCUT2D eigenvalue weighted by Crippen LogP contribution is -2.31. The van der Waals surface area contributed by atoms with Crippen LogP contribution in [-0.2, 0) is 13.0 Å². The fourth-order valence-electron chi connectivity index (χ4n) is 2.90. The first kappa shape index (κ1) is 15.6. The van der Waals surface area contributed by atoms with E-state index >= 15 is 0 Å². The van der Waals surface area contributed by atoms with Crippen LogP contribution >= 0.6 is 0 Å². The molecule has 1 aromatic heterocycles. The Bertz CT molecular complexity index is 678. The standard InChI is InChI=1S/C17H22N4O2/c1-3-14(11-4-6-12(23-2)7-5-11)19-17(22)16-13-10-18-9-8-15(13)20-21-16/h4-7,14,18H,3,8-10H2,1-2H3,(H,19,22)(H,20,21). The van der Waals surface area contributed by atoms with E-state index in [1.54, 1.807) is 7.11 Å². The number of H-pyrrole nitrogens is 1. The van der Waals surface area contributed by atoms with Crippen LogP contribution < -0.4 is 15.4 Å². The lowest BCUT2D eigenvalue weighted by atomic mass is 10.0. The Morgan fingerprint density at radius 2 is 2.17 bits per heavy atom. The summed E-state index contributed by atoms with van der Waals surface area (Å²) < 4.78 is 5.18. The Balaban J connectivity index is 1.75. The highest BCUT2D eigenvalue weighted by molar-refractivity contribution is 5.94. The fourth-order valence-corrected chi connectivity index (χ4v) is 2.90. The Kier molecular flexibility index (Phi) is 4.62. The van der Waals surface area contributed by atoms with E-state index < -0.39 is 0 Å². The van der Waals surface area contributed by atoms with Gasteiger partial charge in [-0.3, -0.25) is 9.89 Å². The topological polar surface area (TPSA) is 79.0 Å². The molecule has 3 N–H and O–H groups in total. The number of fused-ring (bicyclic) bond motifs is 1. The number of aromatic nitrogens is 2. The van der Waals surface area contributed by atoms with Gasteiger partial charge >= 0.3 is 0 Å². The lowest BCUT2D eigenvalue weighted by Gasteiger charge is -2.18. The second-order valence-electron chi connectivity index (χ2n) is 5.66. The molecular weight excluding hydrogens is 292 g/mol. The number of aromatic amines is 1. The van der Waals surface area contributed by atoms with Gasteiger partial charge in [0, 0.05) is 30.8 Å². The van der Waals surface area contributed by atoms with E-state index in [4.69, 9.17) is 4.74 Å². The highest BCUT2D eigenvalue weighted by Crippen LogP contribution is 2.21. The van der Waals surface area contributed by atoms with Crippen LogP contribution in [0.1, 0.15) is 46.7 Å². The monoisotopic (exact) mass is 314 g/mol. The third-order valence-electron chi connectivity index (χ3n) is 4.25. The molecule has 0 aliphatic carbocycles. The highest BCUT2D eigenvalue weighted by atomic mass is 16.5. The summed E-state index contributed by atoms with van der Waals surface area (Å²) >= 11 is 0. The number of hydrogen-bond acceptors (Lipinski definition) is 4. The Morgan fingerprint density at radius 3 is 2.87 bits per heavy atom. The molecule has 2 heterocycles. The average Bonchev–Trinajstić information content (AvgIpc) is 3.04. The largest absolute Gasteiger partial charge is 0.497 e. The molecule has 0 saturated heterocycles. The third kappa shape index (κ3) is 3.22. The molecule has 0 radical (unpaired) electrons. The van der Waals surface area contributed by atoms with Crippen molar-refractivity contribution >= 4 is 5.91 Å². The summed E-state index contributed by atoms with van der Waals surface area (Å²) in [5.74, 6) is 0.677. The minimum Gasteiger partial charge on any atom is -0.497 e. The van der Waals surface area contributed by atoms with Crippen LogP contribution in [0.5, 0.6) is 5.75 Å². The normalized spacial score (nSPS) is 14.9. The molecule has 6 heteroatoms. The zero-order chi connectivity index (χ0) is 16.2. The lowest BCUT2D eigenvalue weighted by molar-refractivity contribution is 0.0929. The summed E-state index contributed by atoms with van der Waals surface area (Å²) in [6.07, 6.45) is 1.69. The smallest absolute Gasteiger partial charge is 0.272 e. The molecule has 23 heavy (non-hydrogen) atoms. The summed E-state index contributed by atoms with van der Waals surface area (Å²) in [6, 6.07) is 7.73. The number of carbonyl (C=O) groups excluding carboxylic acids is 1. The van der Waals surface area contributed by atoms with Gasteiger partial charge in [-0.25, -0.2) is 0 Å². The van der Waals surface area contributed by atoms with Crippen molar-refractivity contribution in [1.82, 2.24) is 20.8 Å². The van der Waals surface area contributed by atoms with Crippen LogP contribution in [0, 0.1) is 0 Å². The van der Waals surface area contributed by atoms with E-state index in [0.29, 0.717) is 12.2 Å². The number of hydrogen-bond donors (Lipinski definition) is 3. The van der Waals surface area contributed by atoms with Gasteiger partial charge in [0.1, 0.15) is 5.75 Å². The molecule has 1 amide bonds. The minimum atomic E-state index is -0.131. The number of rotatable bonds is 5. The van der Waals surface area contributed by atoms with Crippen molar-refractivity contribution in [2.24, 2.45) is 0 Å². The first-order valence-corrected chi connectivity index (χ1v) is 7.94. The number of ether oxygens (including phenoxy) is 1. The van der Waals surface area contributed by atoms with Crippen molar-refractivity contribution in [2.75, 3.05) is 13.7 Å². The highest BCUT2D eigenvalue weighted by Gasteiger charge is 2.23. The van der Waals surface area contributed by atoms with Crippen LogP contribution in [0.3, 0.4) is 0 Å². The molecule has 1 aromatic carbocycles. The van der Waals surface area contributed by atoms with Gasteiger partial charge in [0.05, 0.1) is 13.2 Å². The van der Waals surface area contributed by atoms with Crippen molar-refractivity contribution in [3.63, 3.8) is 0 Å². The molecule has 0 bridgehead atoms. The second-order valence-corrected chi connectivity index (χ2v) is 5.66. The van der Waals surface area contributed by atoms with Crippen molar-refractivity contribution in [3.8, 4) is 5.75 Å². The molecule has 122 valence electrons. The molecule has 1 aliphatic rings.